The molecule has 1 aromatic heterocycles. The average Bonchev–Trinajstić information content (AvgIpc) is 2.77. The average molecular weight is 287 g/mol. The molecule has 0 saturated carbocycles. The number of carboxylic acid groups (broad SMARTS) is 1. The van der Waals surface area contributed by atoms with Gasteiger partial charge in [-0.3, -0.25) is 0 Å². The van der Waals surface area contributed by atoms with E-state index in [0.29, 0.717) is 12.2 Å². The van der Waals surface area contributed by atoms with Gasteiger partial charge >= 0.3 is 5.97 Å². The lowest BCUT2D eigenvalue weighted by Gasteiger charge is -2.21. The standard InChI is InChI=1S/C16H21N3O2/c1-10-7-6-8-11(2)12(10)9-19-14(16(3,4)5)13(15(20)21)17-18-19/h6-8H,9H2,1-5H3,(H,20,21). The second-order valence-corrected chi connectivity index (χ2v) is 6.37. The molecule has 0 spiro atoms. The summed E-state index contributed by atoms with van der Waals surface area (Å²) in [4.78, 5) is 11.4. The Morgan fingerprint density at radius 3 is 2.29 bits per heavy atom. The number of carbonyl (C=O) groups is 1. The first-order valence-corrected chi connectivity index (χ1v) is 6.94. The van der Waals surface area contributed by atoms with Gasteiger partial charge in [-0.05, 0) is 30.5 Å². The summed E-state index contributed by atoms with van der Waals surface area (Å²) in [5, 5.41) is 17.2. The van der Waals surface area contributed by atoms with E-state index in [-0.39, 0.29) is 11.1 Å². The lowest BCUT2D eigenvalue weighted by molar-refractivity contribution is 0.0687. The molecule has 0 unspecified atom stereocenters. The molecule has 1 N–H and O–H groups in total. The van der Waals surface area contributed by atoms with Gasteiger partial charge in [0.25, 0.3) is 0 Å². The minimum Gasteiger partial charge on any atom is -0.476 e. The molecule has 0 aliphatic rings. The Labute approximate surface area is 124 Å². The quantitative estimate of drug-likeness (QED) is 0.942. The van der Waals surface area contributed by atoms with E-state index in [1.807, 2.05) is 52.8 Å². The van der Waals surface area contributed by atoms with Crippen molar-refractivity contribution < 1.29 is 9.90 Å². The highest BCUT2D eigenvalue weighted by Crippen LogP contribution is 2.26. The molecule has 0 radical (unpaired) electrons. The Bertz CT molecular complexity index is 661. The number of aromatic nitrogens is 3. The van der Waals surface area contributed by atoms with Crippen LogP contribution in [0.5, 0.6) is 0 Å². The molecule has 1 heterocycles. The van der Waals surface area contributed by atoms with Crippen molar-refractivity contribution in [1.29, 1.82) is 0 Å². The van der Waals surface area contributed by atoms with Gasteiger partial charge in [0, 0.05) is 5.41 Å². The summed E-state index contributed by atoms with van der Waals surface area (Å²) in [7, 11) is 0. The Balaban J connectivity index is 2.53. The molecule has 0 atom stereocenters. The van der Waals surface area contributed by atoms with Crippen LogP contribution in [0.1, 0.15) is 53.6 Å². The third-order valence-corrected chi connectivity index (χ3v) is 3.60. The van der Waals surface area contributed by atoms with Gasteiger partial charge in [0.2, 0.25) is 0 Å². The zero-order valence-electron chi connectivity index (χ0n) is 13.1. The smallest absolute Gasteiger partial charge is 0.358 e. The second-order valence-electron chi connectivity index (χ2n) is 6.37. The SMILES string of the molecule is Cc1cccc(C)c1Cn1nnc(C(=O)O)c1C(C)(C)C. The largest absolute Gasteiger partial charge is 0.476 e. The molecule has 5 nitrogen and oxygen atoms in total. The zero-order valence-corrected chi connectivity index (χ0v) is 13.1. The van der Waals surface area contributed by atoms with E-state index in [1.165, 1.54) is 11.1 Å². The molecule has 1 aromatic carbocycles. The lowest BCUT2D eigenvalue weighted by atomic mass is 9.90. The Kier molecular flexibility index (Phi) is 3.85. The molecule has 0 bridgehead atoms. The monoisotopic (exact) mass is 287 g/mol. The van der Waals surface area contributed by atoms with Crippen LogP contribution in [0.4, 0.5) is 0 Å². The molecule has 0 fully saturated rings. The van der Waals surface area contributed by atoms with Crippen molar-refractivity contribution in [2.45, 2.75) is 46.6 Å². The van der Waals surface area contributed by atoms with Gasteiger partial charge in [0.15, 0.2) is 5.69 Å². The van der Waals surface area contributed by atoms with Crippen LogP contribution in [0, 0.1) is 13.8 Å². The highest BCUT2D eigenvalue weighted by molar-refractivity contribution is 5.86. The zero-order chi connectivity index (χ0) is 15.8. The fraction of sp³-hybridized carbons (Fsp3) is 0.438. The van der Waals surface area contributed by atoms with Crippen LogP contribution in [-0.2, 0) is 12.0 Å². The molecule has 0 saturated heterocycles. The van der Waals surface area contributed by atoms with Gasteiger partial charge in [-0.25, -0.2) is 9.48 Å². The summed E-state index contributed by atoms with van der Waals surface area (Å²) < 4.78 is 1.71. The first-order chi connectivity index (χ1) is 9.71. The summed E-state index contributed by atoms with van der Waals surface area (Å²) in [5.74, 6) is -1.03. The van der Waals surface area contributed by atoms with Crippen molar-refractivity contribution in [1.82, 2.24) is 15.0 Å². The lowest BCUT2D eigenvalue weighted by Crippen LogP contribution is -2.22. The van der Waals surface area contributed by atoms with E-state index in [9.17, 15) is 9.90 Å². The van der Waals surface area contributed by atoms with E-state index >= 15 is 0 Å². The van der Waals surface area contributed by atoms with Crippen LogP contribution in [0.15, 0.2) is 18.2 Å². The van der Waals surface area contributed by atoms with Crippen LogP contribution in [0.3, 0.4) is 0 Å². The number of hydrogen-bond donors (Lipinski definition) is 1. The van der Waals surface area contributed by atoms with E-state index in [0.717, 1.165) is 5.56 Å². The molecule has 2 aromatic rings. The van der Waals surface area contributed by atoms with Crippen LogP contribution in [-0.4, -0.2) is 26.1 Å². The van der Waals surface area contributed by atoms with Crippen molar-refractivity contribution in [3.05, 3.63) is 46.3 Å². The molecule has 0 aliphatic heterocycles. The van der Waals surface area contributed by atoms with E-state index in [4.69, 9.17) is 0 Å². The molecular weight excluding hydrogens is 266 g/mol. The highest BCUT2D eigenvalue weighted by atomic mass is 16.4. The summed E-state index contributed by atoms with van der Waals surface area (Å²) >= 11 is 0. The summed E-state index contributed by atoms with van der Waals surface area (Å²) in [6, 6.07) is 6.12. The minimum absolute atomic E-state index is 0.0359. The molecule has 21 heavy (non-hydrogen) atoms. The van der Waals surface area contributed by atoms with Crippen molar-refractivity contribution in [2.24, 2.45) is 0 Å². The number of hydrogen-bond acceptors (Lipinski definition) is 3. The first-order valence-electron chi connectivity index (χ1n) is 6.94. The van der Waals surface area contributed by atoms with Gasteiger partial charge in [0.1, 0.15) is 0 Å². The fourth-order valence-corrected chi connectivity index (χ4v) is 2.56. The molecule has 0 aliphatic carbocycles. The van der Waals surface area contributed by atoms with Crippen LogP contribution >= 0.6 is 0 Å². The Hall–Kier alpha value is -2.17. The van der Waals surface area contributed by atoms with Crippen molar-refractivity contribution in [3.63, 3.8) is 0 Å². The van der Waals surface area contributed by atoms with Gasteiger partial charge < -0.3 is 5.11 Å². The number of rotatable bonds is 3. The second kappa shape index (κ2) is 5.31. The maximum absolute atomic E-state index is 11.4. The van der Waals surface area contributed by atoms with Gasteiger partial charge in [-0.1, -0.05) is 44.2 Å². The van der Waals surface area contributed by atoms with E-state index in [2.05, 4.69) is 10.3 Å². The van der Waals surface area contributed by atoms with Gasteiger partial charge in [-0.15, -0.1) is 5.10 Å². The predicted molar refractivity (Wildman–Crippen MR) is 80.7 cm³/mol. The topological polar surface area (TPSA) is 68.0 Å². The number of aryl methyl sites for hydroxylation is 2. The van der Waals surface area contributed by atoms with Crippen LogP contribution < -0.4 is 0 Å². The molecule has 2 rings (SSSR count). The molecule has 0 amide bonds. The maximum Gasteiger partial charge on any atom is 0.358 e. The van der Waals surface area contributed by atoms with Crippen molar-refractivity contribution in [3.8, 4) is 0 Å². The minimum atomic E-state index is -1.03. The molecule has 112 valence electrons. The fourth-order valence-electron chi connectivity index (χ4n) is 2.56. The highest BCUT2D eigenvalue weighted by Gasteiger charge is 2.29. The van der Waals surface area contributed by atoms with Crippen LogP contribution in [0.25, 0.3) is 0 Å². The number of benzene rings is 1. The maximum atomic E-state index is 11.4. The van der Waals surface area contributed by atoms with Crippen molar-refractivity contribution in [2.75, 3.05) is 0 Å². The molecule has 5 heteroatoms. The number of nitrogens with zero attached hydrogens (tertiary/aromatic N) is 3. The summed E-state index contributed by atoms with van der Waals surface area (Å²) in [5.41, 5.74) is 3.84. The van der Waals surface area contributed by atoms with E-state index in [1.54, 1.807) is 4.68 Å². The third-order valence-electron chi connectivity index (χ3n) is 3.60. The predicted octanol–water partition coefficient (Wildman–Crippen LogP) is 2.94. The molecular formula is C16H21N3O2. The van der Waals surface area contributed by atoms with Crippen molar-refractivity contribution >= 4 is 5.97 Å². The number of carboxylic acids is 1. The normalized spacial score (nSPS) is 11.7. The summed E-state index contributed by atoms with van der Waals surface area (Å²) in [6.07, 6.45) is 0. The van der Waals surface area contributed by atoms with Gasteiger partial charge in [-0.2, -0.15) is 0 Å². The van der Waals surface area contributed by atoms with Crippen LogP contribution in [0.2, 0.25) is 0 Å². The number of aromatic carboxylic acids is 1. The third kappa shape index (κ3) is 2.96. The Morgan fingerprint density at radius 2 is 1.81 bits per heavy atom. The first kappa shape index (κ1) is 15.2. The van der Waals surface area contributed by atoms with E-state index < -0.39 is 5.97 Å². The van der Waals surface area contributed by atoms with Gasteiger partial charge in [0.05, 0.1) is 12.2 Å². The Morgan fingerprint density at radius 1 is 1.24 bits per heavy atom. The summed E-state index contributed by atoms with van der Waals surface area (Å²) in [6.45, 7) is 10.5.